The highest BCUT2D eigenvalue weighted by Crippen LogP contribution is 2.36. The number of amides is 1. The van der Waals surface area contributed by atoms with Crippen LogP contribution < -0.4 is 9.64 Å². The Hall–Kier alpha value is -2.83. The molecule has 0 radical (unpaired) electrons. The Labute approximate surface area is 136 Å². The third kappa shape index (κ3) is 3.73. The molecule has 0 aliphatic heterocycles. The topological polar surface area (TPSA) is 46.6 Å². The van der Waals surface area contributed by atoms with Crippen molar-refractivity contribution in [2.75, 3.05) is 4.90 Å². The van der Waals surface area contributed by atoms with Crippen LogP contribution in [0.4, 0.5) is 24.5 Å². The molecule has 4 nitrogen and oxygen atoms in total. The molecule has 0 heterocycles. The van der Waals surface area contributed by atoms with Gasteiger partial charge in [0.05, 0.1) is 5.69 Å². The van der Waals surface area contributed by atoms with Crippen LogP contribution >= 0.6 is 0 Å². The number of rotatable bonds is 3. The number of alkyl halides is 3. The second kappa shape index (κ2) is 6.74. The van der Waals surface area contributed by atoms with Gasteiger partial charge >= 0.3 is 18.1 Å². The van der Waals surface area contributed by atoms with Gasteiger partial charge < -0.3 is 4.74 Å². The maximum absolute atomic E-state index is 13.0. The van der Waals surface area contributed by atoms with E-state index in [0.29, 0.717) is 4.90 Å². The van der Waals surface area contributed by atoms with Gasteiger partial charge in [0, 0.05) is 18.2 Å². The van der Waals surface area contributed by atoms with E-state index in [1.165, 1.54) is 56.3 Å². The highest BCUT2D eigenvalue weighted by Gasteiger charge is 2.44. The van der Waals surface area contributed by atoms with Crippen LogP contribution in [0.15, 0.2) is 48.5 Å². The summed E-state index contributed by atoms with van der Waals surface area (Å²) < 4.78 is 44.1. The molecule has 2 aromatic carbocycles. The monoisotopic (exact) mass is 337 g/mol. The summed E-state index contributed by atoms with van der Waals surface area (Å²) in [6, 6.07) is 11.7. The number of nitrogens with zero attached hydrogens (tertiary/aromatic N) is 1. The first-order chi connectivity index (χ1) is 11.2. The van der Waals surface area contributed by atoms with E-state index in [9.17, 15) is 22.8 Å². The van der Waals surface area contributed by atoms with E-state index in [0.717, 1.165) is 0 Å². The van der Waals surface area contributed by atoms with E-state index in [2.05, 4.69) is 0 Å². The van der Waals surface area contributed by atoms with Crippen molar-refractivity contribution in [1.29, 1.82) is 0 Å². The summed E-state index contributed by atoms with van der Waals surface area (Å²) in [5, 5.41) is 0. The molecule has 2 rings (SSSR count). The maximum Gasteiger partial charge on any atom is 0.472 e. The lowest BCUT2D eigenvalue weighted by atomic mass is 10.1. The number of anilines is 2. The Bertz CT molecular complexity index is 757. The van der Waals surface area contributed by atoms with E-state index in [1.54, 1.807) is 6.07 Å². The Morgan fingerprint density at radius 3 is 2.17 bits per heavy atom. The van der Waals surface area contributed by atoms with Crippen LogP contribution in [-0.4, -0.2) is 18.1 Å². The molecule has 0 bridgehead atoms. The number of carbonyl (C=O) groups excluding carboxylic acids is 2. The van der Waals surface area contributed by atoms with Crippen LogP contribution in [0.3, 0.4) is 0 Å². The van der Waals surface area contributed by atoms with Gasteiger partial charge in [-0.25, -0.2) is 0 Å². The Morgan fingerprint density at radius 1 is 1.00 bits per heavy atom. The molecular weight excluding hydrogens is 323 g/mol. The number of hydrogen-bond acceptors (Lipinski definition) is 3. The van der Waals surface area contributed by atoms with Gasteiger partial charge in [0.25, 0.3) is 0 Å². The molecule has 0 aliphatic carbocycles. The van der Waals surface area contributed by atoms with Gasteiger partial charge in [0.2, 0.25) is 0 Å². The predicted octanol–water partition coefficient (Wildman–Crippen LogP) is 4.15. The van der Waals surface area contributed by atoms with Gasteiger partial charge in [-0.1, -0.05) is 24.3 Å². The number of para-hydroxylation sites is 1. The Kier molecular flexibility index (Phi) is 4.92. The molecule has 0 saturated heterocycles. The second-order valence-corrected chi connectivity index (χ2v) is 4.97. The highest BCUT2D eigenvalue weighted by atomic mass is 19.4. The standard InChI is InChI=1S/C17H14F3NO3/c1-11-14(9-6-10-15(11)24-12(2)22)21(16(23)17(18,19)20)13-7-4-3-5-8-13/h3-10H,1-2H3. The van der Waals surface area contributed by atoms with Crippen molar-refractivity contribution in [3.8, 4) is 5.75 Å². The molecule has 0 fully saturated rings. The van der Waals surface area contributed by atoms with Crippen molar-refractivity contribution in [2.24, 2.45) is 0 Å². The summed E-state index contributed by atoms with van der Waals surface area (Å²) in [4.78, 5) is 23.6. The first-order valence-corrected chi connectivity index (χ1v) is 6.96. The summed E-state index contributed by atoms with van der Waals surface area (Å²) in [5.74, 6) is -2.55. The molecule has 0 unspecified atom stereocenters. The average molecular weight is 337 g/mol. The summed E-state index contributed by atoms with van der Waals surface area (Å²) in [6.45, 7) is 2.66. The van der Waals surface area contributed by atoms with E-state index in [-0.39, 0.29) is 22.7 Å². The van der Waals surface area contributed by atoms with Gasteiger partial charge in [-0.05, 0) is 31.2 Å². The molecule has 0 N–H and O–H groups in total. The zero-order valence-corrected chi connectivity index (χ0v) is 12.9. The Balaban J connectivity index is 2.61. The second-order valence-electron chi connectivity index (χ2n) is 4.97. The van der Waals surface area contributed by atoms with Crippen molar-refractivity contribution < 1.29 is 27.5 Å². The van der Waals surface area contributed by atoms with E-state index in [4.69, 9.17) is 4.74 Å². The number of benzene rings is 2. The van der Waals surface area contributed by atoms with E-state index in [1.807, 2.05) is 0 Å². The third-order valence-electron chi connectivity index (χ3n) is 3.21. The summed E-state index contributed by atoms with van der Waals surface area (Å²) in [7, 11) is 0. The molecule has 24 heavy (non-hydrogen) atoms. The molecule has 0 aliphatic rings. The van der Waals surface area contributed by atoms with Gasteiger partial charge in [-0.3, -0.25) is 14.5 Å². The minimum atomic E-state index is -5.06. The Morgan fingerprint density at radius 2 is 1.62 bits per heavy atom. The van der Waals surface area contributed by atoms with Crippen molar-refractivity contribution in [3.05, 3.63) is 54.1 Å². The van der Waals surface area contributed by atoms with E-state index >= 15 is 0 Å². The molecular formula is C17H14F3NO3. The van der Waals surface area contributed by atoms with Gasteiger partial charge in [0.15, 0.2) is 0 Å². The predicted molar refractivity (Wildman–Crippen MR) is 82.1 cm³/mol. The summed E-state index contributed by atoms with van der Waals surface area (Å²) in [5.41, 5.74) is 0.291. The quantitative estimate of drug-likeness (QED) is 0.624. The largest absolute Gasteiger partial charge is 0.472 e. The van der Waals surface area contributed by atoms with Crippen molar-refractivity contribution in [1.82, 2.24) is 0 Å². The lowest BCUT2D eigenvalue weighted by molar-refractivity contribution is -0.169. The number of esters is 1. The maximum atomic E-state index is 13.0. The molecule has 0 aromatic heterocycles. The van der Waals surface area contributed by atoms with Crippen molar-refractivity contribution in [2.45, 2.75) is 20.0 Å². The van der Waals surface area contributed by atoms with Crippen LogP contribution in [0, 0.1) is 6.92 Å². The minimum Gasteiger partial charge on any atom is -0.426 e. The molecule has 0 saturated carbocycles. The van der Waals surface area contributed by atoms with Crippen LogP contribution in [0.5, 0.6) is 5.75 Å². The van der Waals surface area contributed by atoms with Crippen LogP contribution in [-0.2, 0) is 9.59 Å². The molecule has 0 atom stereocenters. The minimum absolute atomic E-state index is 0.0118. The number of hydrogen-bond donors (Lipinski definition) is 0. The van der Waals surface area contributed by atoms with Crippen molar-refractivity contribution >= 4 is 23.3 Å². The lowest BCUT2D eigenvalue weighted by Gasteiger charge is -2.26. The molecule has 126 valence electrons. The lowest BCUT2D eigenvalue weighted by Crippen LogP contribution is -2.38. The molecule has 7 heteroatoms. The van der Waals surface area contributed by atoms with Gasteiger partial charge in [0.1, 0.15) is 5.75 Å². The van der Waals surface area contributed by atoms with Gasteiger partial charge in [-0.15, -0.1) is 0 Å². The smallest absolute Gasteiger partial charge is 0.426 e. The normalized spacial score (nSPS) is 11.0. The van der Waals surface area contributed by atoms with Gasteiger partial charge in [-0.2, -0.15) is 13.2 Å². The van der Waals surface area contributed by atoms with Crippen molar-refractivity contribution in [3.63, 3.8) is 0 Å². The molecule has 2 aromatic rings. The number of halogens is 3. The first kappa shape index (κ1) is 17.5. The van der Waals surface area contributed by atoms with Crippen LogP contribution in [0.1, 0.15) is 12.5 Å². The van der Waals surface area contributed by atoms with Crippen LogP contribution in [0.25, 0.3) is 0 Å². The summed E-state index contributed by atoms with van der Waals surface area (Å²) >= 11 is 0. The number of carbonyl (C=O) groups is 2. The fraction of sp³-hybridized carbons (Fsp3) is 0.176. The number of ether oxygens (including phenoxy) is 1. The highest BCUT2D eigenvalue weighted by molar-refractivity contribution is 6.04. The summed E-state index contributed by atoms with van der Waals surface area (Å²) in [6.07, 6.45) is -5.06. The zero-order chi connectivity index (χ0) is 17.9. The average Bonchev–Trinajstić information content (AvgIpc) is 2.51. The van der Waals surface area contributed by atoms with Crippen LogP contribution in [0.2, 0.25) is 0 Å². The molecule has 1 amide bonds. The third-order valence-corrected chi connectivity index (χ3v) is 3.21. The van der Waals surface area contributed by atoms with E-state index < -0.39 is 18.1 Å². The fourth-order valence-corrected chi connectivity index (χ4v) is 2.18. The molecule has 0 spiro atoms. The SMILES string of the molecule is CC(=O)Oc1cccc(N(C(=O)C(F)(F)F)c2ccccc2)c1C. The first-order valence-electron chi connectivity index (χ1n) is 6.96. The zero-order valence-electron chi connectivity index (χ0n) is 12.9. The fourth-order valence-electron chi connectivity index (χ4n) is 2.18.